The number of carbonyl (C=O) groups excluding carboxylic acids is 1. The van der Waals surface area contributed by atoms with Crippen LogP contribution in [-0.2, 0) is 17.6 Å². The Balaban J connectivity index is 1.50. The summed E-state index contributed by atoms with van der Waals surface area (Å²) in [5.74, 6) is 1.53. The van der Waals surface area contributed by atoms with Gasteiger partial charge in [-0.15, -0.1) is 11.3 Å². The van der Waals surface area contributed by atoms with Crippen molar-refractivity contribution >= 4 is 17.2 Å². The van der Waals surface area contributed by atoms with Crippen molar-refractivity contribution in [2.75, 3.05) is 33.9 Å². The second-order valence-electron chi connectivity index (χ2n) is 8.07. The monoisotopic (exact) mass is 450 g/mol. The number of aryl methyl sites for hydroxylation is 1. The van der Waals surface area contributed by atoms with Gasteiger partial charge >= 0.3 is 0 Å². The standard InChI is InChI=1S/C26H30N2O3S/c1-18-7-4-5-8-19(18)10-12-27-25(29)17-28-13-11-20-15-22(30-2)23(31-3)16-21(20)26(28)24-9-6-14-32-24/h4-9,14-16,26H,10-13,17H2,1-3H3,(H,27,29). The first-order valence-electron chi connectivity index (χ1n) is 10.9. The van der Waals surface area contributed by atoms with Crippen LogP contribution in [0.3, 0.4) is 0 Å². The number of thiophene rings is 1. The van der Waals surface area contributed by atoms with E-state index in [9.17, 15) is 4.79 Å². The minimum Gasteiger partial charge on any atom is -0.493 e. The molecule has 0 spiro atoms. The minimum absolute atomic E-state index is 0.0284. The second kappa shape index (κ2) is 10.2. The van der Waals surface area contributed by atoms with Crippen molar-refractivity contribution in [2.24, 2.45) is 0 Å². The maximum absolute atomic E-state index is 12.8. The van der Waals surface area contributed by atoms with Crippen LogP contribution < -0.4 is 14.8 Å². The molecule has 6 heteroatoms. The third-order valence-corrected chi connectivity index (χ3v) is 7.04. The molecule has 1 aliphatic heterocycles. The summed E-state index contributed by atoms with van der Waals surface area (Å²) in [5, 5.41) is 5.20. The van der Waals surface area contributed by atoms with Gasteiger partial charge in [0.15, 0.2) is 11.5 Å². The van der Waals surface area contributed by atoms with Gasteiger partial charge in [-0.3, -0.25) is 9.69 Å². The van der Waals surface area contributed by atoms with Crippen molar-refractivity contribution in [2.45, 2.75) is 25.8 Å². The fourth-order valence-electron chi connectivity index (χ4n) is 4.42. The number of amides is 1. The van der Waals surface area contributed by atoms with E-state index in [0.29, 0.717) is 13.1 Å². The molecule has 1 N–H and O–H groups in total. The third kappa shape index (κ3) is 4.81. The van der Waals surface area contributed by atoms with E-state index in [1.54, 1.807) is 25.6 Å². The van der Waals surface area contributed by atoms with Crippen LogP contribution in [0.5, 0.6) is 11.5 Å². The topological polar surface area (TPSA) is 50.8 Å². The number of nitrogens with one attached hydrogen (secondary N) is 1. The highest BCUT2D eigenvalue weighted by molar-refractivity contribution is 7.10. The van der Waals surface area contributed by atoms with E-state index in [4.69, 9.17) is 9.47 Å². The Morgan fingerprint density at radius 3 is 2.62 bits per heavy atom. The first-order chi connectivity index (χ1) is 15.6. The maximum Gasteiger partial charge on any atom is 0.234 e. The third-order valence-electron chi connectivity index (χ3n) is 6.11. The quantitative estimate of drug-likeness (QED) is 0.553. The number of nitrogens with zero attached hydrogens (tertiary/aromatic N) is 1. The average molecular weight is 451 g/mol. The lowest BCUT2D eigenvalue weighted by Gasteiger charge is -2.37. The normalized spacial score (nSPS) is 15.8. The molecule has 3 aromatic rings. The molecule has 1 aromatic heterocycles. The Labute approximate surface area is 194 Å². The summed E-state index contributed by atoms with van der Waals surface area (Å²) in [6.45, 7) is 3.93. The van der Waals surface area contributed by atoms with Crippen LogP contribution in [0.1, 0.15) is 33.2 Å². The van der Waals surface area contributed by atoms with Gasteiger partial charge in [-0.05, 0) is 65.6 Å². The largest absolute Gasteiger partial charge is 0.493 e. The van der Waals surface area contributed by atoms with E-state index in [1.807, 2.05) is 12.1 Å². The number of benzene rings is 2. The number of carbonyl (C=O) groups is 1. The first kappa shape index (κ1) is 22.4. The zero-order valence-corrected chi connectivity index (χ0v) is 19.7. The van der Waals surface area contributed by atoms with Gasteiger partial charge in [0.1, 0.15) is 0 Å². The zero-order valence-electron chi connectivity index (χ0n) is 18.9. The predicted molar refractivity (Wildman–Crippen MR) is 129 cm³/mol. The summed E-state index contributed by atoms with van der Waals surface area (Å²) in [6.07, 6.45) is 1.71. The number of hydrogen-bond acceptors (Lipinski definition) is 5. The molecular weight excluding hydrogens is 420 g/mol. The Morgan fingerprint density at radius 2 is 1.91 bits per heavy atom. The van der Waals surface area contributed by atoms with Crippen LogP contribution in [0.2, 0.25) is 0 Å². The van der Waals surface area contributed by atoms with E-state index < -0.39 is 0 Å². The van der Waals surface area contributed by atoms with E-state index in [2.05, 4.69) is 58.9 Å². The van der Waals surface area contributed by atoms with E-state index in [-0.39, 0.29) is 11.9 Å². The van der Waals surface area contributed by atoms with E-state index >= 15 is 0 Å². The molecule has 0 bridgehead atoms. The summed E-state index contributed by atoms with van der Waals surface area (Å²) in [6, 6.07) is 16.7. The molecule has 4 rings (SSSR count). The van der Waals surface area contributed by atoms with Gasteiger partial charge in [-0.25, -0.2) is 0 Å². The summed E-state index contributed by atoms with van der Waals surface area (Å²) in [5.41, 5.74) is 4.97. The Hall–Kier alpha value is -2.83. The molecule has 1 aliphatic rings. The van der Waals surface area contributed by atoms with Crippen LogP contribution in [-0.4, -0.2) is 44.7 Å². The molecule has 1 atom stereocenters. The maximum atomic E-state index is 12.8. The molecule has 0 fully saturated rings. The highest BCUT2D eigenvalue weighted by atomic mass is 32.1. The van der Waals surface area contributed by atoms with Gasteiger partial charge in [0, 0.05) is 18.0 Å². The van der Waals surface area contributed by atoms with Gasteiger partial charge in [-0.2, -0.15) is 0 Å². The molecular formula is C26H30N2O3S. The van der Waals surface area contributed by atoms with Crippen molar-refractivity contribution < 1.29 is 14.3 Å². The Kier molecular flexibility index (Phi) is 7.12. The Bertz CT molecular complexity index is 1060. The fourth-order valence-corrected chi connectivity index (χ4v) is 5.29. The number of rotatable bonds is 8. The molecule has 2 heterocycles. The minimum atomic E-state index is 0.0284. The number of ether oxygens (including phenoxy) is 2. The lowest BCUT2D eigenvalue weighted by molar-refractivity contribution is -0.122. The van der Waals surface area contributed by atoms with Gasteiger partial charge in [0.2, 0.25) is 5.91 Å². The Morgan fingerprint density at radius 1 is 1.12 bits per heavy atom. The van der Waals surface area contributed by atoms with Crippen molar-refractivity contribution in [1.29, 1.82) is 0 Å². The molecule has 2 aromatic carbocycles. The lowest BCUT2D eigenvalue weighted by atomic mass is 9.91. The van der Waals surface area contributed by atoms with Crippen molar-refractivity contribution in [1.82, 2.24) is 10.2 Å². The fraction of sp³-hybridized carbons (Fsp3) is 0.346. The second-order valence-corrected chi connectivity index (χ2v) is 9.05. The lowest BCUT2D eigenvalue weighted by Crippen LogP contribution is -2.43. The zero-order chi connectivity index (χ0) is 22.5. The van der Waals surface area contributed by atoms with Crippen molar-refractivity contribution in [3.05, 3.63) is 81.0 Å². The molecule has 168 valence electrons. The van der Waals surface area contributed by atoms with Gasteiger partial charge < -0.3 is 14.8 Å². The number of hydrogen-bond donors (Lipinski definition) is 1. The number of fused-ring (bicyclic) bond motifs is 1. The molecule has 0 radical (unpaired) electrons. The highest BCUT2D eigenvalue weighted by Crippen LogP contribution is 2.42. The van der Waals surface area contributed by atoms with Gasteiger partial charge in [0.25, 0.3) is 0 Å². The summed E-state index contributed by atoms with van der Waals surface area (Å²) < 4.78 is 11.1. The smallest absolute Gasteiger partial charge is 0.234 e. The molecule has 0 saturated heterocycles. The van der Waals surface area contributed by atoms with Gasteiger partial charge in [0.05, 0.1) is 26.8 Å². The molecule has 1 amide bonds. The molecule has 0 saturated carbocycles. The van der Waals surface area contributed by atoms with Crippen LogP contribution in [0.25, 0.3) is 0 Å². The first-order valence-corrected chi connectivity index (χ1v) is 11.8. The van der Waals surface area contributed by atoms with E-state index in [0.717, 1.165) is 30.9 Å². The van der Waals surface area contributed by atoms with Crippen molar-refractivity contribution in [3.8, 4) is 11.5 Å². The molecule has 5 nitrogen and oxygen atoms in total. The molecule has 0 aliphatic carbocycles. The average Bonchev–Trinajstić information content (AvgIpc) is 3.33. The van der Waals surface area contributed by atoms with Crippen LogP contribution in [0.4, 0.5) is 0 Å². The summed E-state index contributed by atoms with van der Waals surface area (Å²) in [7, 11) is 3.32. The SMILES string of the molecule is COc1cc2c(cc1OC)C(c1cccs1)N(CC(=O)NCCc1ccccc1C)CC2. The molecule has 1 unspecified atom stereocenters. The molecule has 32 heavy (non-hydrogen) atoms. The highest BCUT2D eigenvalue weighted by Gasteiger charge is 2.32. The van der Waals surface area contributed by atoms with E-state index in [1.165, 1.54) is 27.1 Å². The number of methoxy groups -OCH3 is 2. The van der Waals surface area contributed by atoms with Crippen LogP contribution in [0.15, 0.2) is 53.9 Å². The van der Waals surface area contributed by atoms with Crippen LogP contribution >= 0.6 is 11.3 Å². The van der Waals surface area contributed by atoms with Gasteiger partial charge in [-0.1, -0.05) is 30.3 Å². The predicted octanol–water partition coefficient (Wildman–Crippen LogP) is 4.38. The summed E-state index contributed by atoms with van der Waals surface area (Å²) in [4.78, 5) is 16.3. The van der Waals surface area contributed by atoms with Crippen molar-refractivity contribution in [3.63, 3.8) is 0 Å². The van der Waals surface area contributed by atoms with Crippen LogP contribution in [0, 0.1) is 6.92 Å². The summed E-state index contributed by atoms with van der Waals surface area (Å²) >= 11 is 1.72.